The van der Waals surface area contributed by atoms with E-state index >= 15 is 0 Å². The minimum absolute atomic E-state index is 0.0676. The molecule has 4 heteroatoms. The molecule has 52 heavy (non-hydrogen) atoms. The first-order valence-electron chi connectivity index (χ1n) is 18.3. The first-order chi connectivity index (χ1) is 25.3. The van der Waals surface area contributed by atoms with Crippen molar-refractivity contribution < 1.29 is 0 Å². The molecular weight excluding hydrogens is 629 g/mol. The highest BCUT2D eigenvalue weighted by molar-refractivity contribution is 7.00. The first-order valence-corrected chi connectivity index (χ1v) is 18.3. The summed E-state index contributed by atoms with van der Waals surface area (Å²) in [5.41, 5.74) is 22.3. The minimum Gasteiger partial charge on any atom is -0.311 e. The van der Waals surface area contributed by atoms with Crippen molar-refractivity contribution in [2.24, 2.45) is 0 Å². The van der Waals surface area contributed by atoms with E-state index in [1.807, 2.05) is 0 Å². The second kappa shape index (κ2) is 12.3. The zero-order chi connectivity index (χ0) is 35.7. The Bertz CT molecular complexity index is 2330. The normalized spacial score (nSPS) is 12.7. The van der Waals surface area contributed by atoms with Crippen LogP contribution in [0.3, 0.4) is 0 Å². The lowest BCUT2D eigenvalue weighted by Gasteiger charge is -2.46. The molecule has 7 aromatic carbocycles. The molecule has 0 saturated heterocycles. The van der Waals surface area contributed by atoms with E-state index in [0.29, 0.717) is 0 Å². The predicted molar refractivity (Wildman–Crippen MR) is 224 cm³/mol. The van der Waals surface area contributed by atoms with Crippen LogP contribution in [0.4, 0.5) is 51.2 Å². The summed E-state index contributed by atoms with van der Waals surface area (Å²) >= 11 is 0. The Morgan fingerprint density at radius 3 is 1.25 bits per heavy atom. The third kappa shape index (κ3) is 4.82. The highest BCUT2D eigenvalue weighted by atomic mass is 15.2. The van der Waals surface area contributed by atoms with Crippen molar-refractivity contribution in [1.29, 1.82) is 0 Å². The van der Waals surface area contributed by atoms with E-state index in [0.717, 1.165) is 11.4 Å². The maximum absolute atomic E-state index is 2.56. The van der Waals surface area contributed by atoms with Gasteiger partial charge in [-0.1, -0.05) is 109 Å². The fourth-order valence-electron chi connectivity index (χ4n) is 8.95. The molecule has 0 fully saturated rings. The van der Waals surface area contributed by atoms with Crippen LogP contribution in [-0.2, 0) is 0 Å². The fraction of sp³-hybridized carbons (Fsp3) is 0.125. The van der Waals surface area contributed by atoms with Gasteiger partial charge in [-0.3, -0.25) is 0 Å². The van der Waals surface area contributed by atoms with Crippen LogP contribution in [0.1, 0.15) is 33.4 Å². The Balaban J connectivity index is 1.46. The van der Waals surface area contributed by atoms with Gasteiger partial charge in [0.05, 0.1) is 22.7 Å². The Kier molecular flexibility index (Phi) is 7.59. The van der Waals surface area contributed by atoms with Crippen LogP contribution in [0, 0.1) is 41.5 Å². The zero-order valence-corrected chi connectivity index (χ0v) is 30.8. The molecule has 0 bridgehead atoms. The average Bonchev–Trinajstić information content (AvgIpc) is 3.15. The average molecular weight is 672 g/mol. The molecule has 0 aliphatic carbocycles. The topological polar surface area (TPSA) is 9.72 Å². The molecule has 2 aliphatic heterocycles. The molecule has 2 aliphatic rings. The van der Waals surface area contributed by atoms with E-state index in [-0.39, 0.29) is 6.71 Å². The van der Waals surface area contributed by atoms with Crippen LogP contribution < -0.4 is 31.1 Å². The molecular formula is C48H42BN3. The van der Waals surface area contributed by atoms with E-state index in [4.69, 9.17) is 0 Å². The van der Waals surface area contributed by atoms with Crippen molar-refractivity contribution in [2.45, 2.75) is 41.5 Å². The molecule has 9 rings (SSSR count). The summed E-state index contributed by atoms with van der Waals surface area (Å²) in [6.45, 7) is 13.5. The van der Waals surface area contributed by atoms with E-state index in [1.165, 1.54) is 89.6 Å². The largest absolute Gasteiger partial charge is 0.311 e. The summed E-state index contributed by atoms with van der Waals surface area (Å²) in [4.78, 5) is 7.59. The van der Waals surface area contributed by atoms with Gasteiger partial charge in [-0.15, -0.1) is 0 Å². The summed E-state index contributed by atoms with van der Waals surface area (Å²) in [5, 5.41) is 0. The van der Waals surface area contributed by atoms with Gasteiger partial charge in [-0.25, -0.2) is 0 Å². The van der Waals surface area contributed by atoms with Crippen LogP contribution in [0.15, 0.2) is 146 Å². The Morgan fingerprint density at radius 1 is 0.385 bits per heavy atom. The summed E-state index contributed by atoms with van der Waals surface area (Å²) in [5.74, 6) is 0. The molecule has 0 radical (unpaired) electrons. The molecule has 0 saturated carbocycles. The zero-order valence-electron chi connectivity index (χ0n) is 30.8. The summed E-state index contributed by atoms with van der Waals surface area (Å²) in [6, 6.07) is 53.9. The molecule has 0 atom stereocenters. The molecule has 7 aromatic rings. The Hall–Kier alpha value is -6.00. The molecule has 0 amide bonds. The van der Waals surface area contributed by atoms with Gasteiger partial charge in [0.25, 0.3) is 6.71 Å². The summed E-state index contributed by atoms with van der Waals surface area (Å²) < 4.78 is 0. The van der Waals surface area contributed by atoms with Gasteiger partial charge in [-0.05, 0) is 128 Å². The van der Waals surface area contributed by atoms with Crippen molar-refractivity contribution in [3.63, 3.8) is 0 Å². The number of aryl methyl sites for hydroxylation is 6. The van der Waals surface area contributed by atoms with Crippen molar-refractivity contribution in [3.8, 4) is 0 Å². The lowest BCUT2D eigenvalue weighted by Crippen LogP contribution is -2.61. The van der Waals surface area contributed by atoms with E-state index in [9.17, 15) is 0 Å². The van der Waals surface area contributed by atoms with Gasteiger partial charge >= 0.3 is 0 Å². The van der Waals surface area contributed by atoms with Gasteiger partial charge in [0, 0.05) is 28.4 Å². The van der Waals surface area contributed by atoms with Crippen molar-refractivity contribution in [3.05, 3.63) is 179 Å². The van der Waals surface area contributed by atoms with Gasteiger partial charge in [0.1, 0.15) is 0 Å². The van der Waals surface area contributed by atoms with E-state index in [1.54, 1.807) is 0 Å². The third-order valence-electron chi connectivity index (χ3n) is 11.1. The molecule has 0 spiro atoms. The van der Waals surface area contributed by atoms with Crippen molar-refractivity contribution in [1.82, 2.24) is 0 Å². The number of hydrogen-bond acceptors (Lipinski definition) is 3. The van der Waals surface area contributed by atoms with Crippen LogP contribution in [0.25, 0.3) is 0 Å². The van der Waals surface area contributed by atoms with Crippen LogP contribution in [0.5, 0.6) is 0 Å². The Morgan fingerprint density at radius 2 is 0.788 bits per heavy atom. The highest BCUT2D eigenvalue weighted by Crippen LogP contribution is 2.50. The number of rotatable bonds is 5. The SMILES string of the molecule is Cc1cccc(C)c1N(c1ccccc1)c1cc2c3c(c1)N(c1c(C)cccc1C)c1ccccc1B3c1ccccc1N2c1c(C)cccc1C. The van der Waals surface area contributed by atoms with Gasteiger partial charge in [0.2, 0.25) is 0 Å². The summed E-state index contributed by atoms with van der Waals surface area (Å²) in [7, 11) is 0. The number of benzene rings is 7. The molecule has 3 nitrogen and oxygen atoms in total. The molecule has 0 N–H and O–H groups in total. The van der Waals surface area contributed by atoms with E-state index < -0.39 is 0 Å². The third-order valence-corrected chi connectivity index (χ3v) is 11.1. The number of fused-ring (bicyclic) bond motifs is 4. The maximum atomic E-state index is 2.56. The Labute approximate surface area is 308 Å². The standard InChI is InChI=1S/C48H42BN3/c1-31-17-14-18-32(2)46(31)50(37-23-8-7-9-24-37)38-29-43-45-44(30-38)52(48-35(5)21-16-22-36(48)6)42-28-13-11-26-40(42)49(45)39-25-10-12-27-41(39)51(43)47-33(3)19-15-20-34(47)4/h7-30H,1-6H3. The highest BCUT2D eigenvalue weighted by Gasteiger charge is 2.44. The van der Waals surface area contributed by atoms with Gasteiger partial charge < -0.3 is 14.7 Å². The minimum atomic E-state index is 0.0676. The van der Waals surface area contributed by atoms with Crippen LogP contribution >= 0.6 is 0 Å². The van der Waals surface area contributed by atoms with Crippen molar-refractivity contribution >= 4 is 74.3 Å². The van der Waals surface area contributed by atoms with Crippen LogP contribution in [0.2, 0.25) is 0 Å². The predicted octanol–water partition coefficient (Wildman–Crippen LogP) is 11.1. The van der Waals surface area contributed by atoms with Crippen LogP contribution in [-0.4, -0.2) is 6.71 Å². The number of anilines is 9. The smallest absolute Gasteiger partial charge is 0.252 e. The fourth-order valence-corrected chi connectivity index (χ4v) is 8.95. The van der Waals surface area contributed by atoms with Gasteiger partial charge in [0.15, 0.2) is 0 Å². The quantitative estimate of drug-likeness (QED) is 0.169. The molecule has 0 unspecified atom stereocenters. The molecule has 0 aromatic heterocycles. The monoisotopic (exact) mass is 671 g/mol. The maximum Gasteiger partial charge on any atom is 0.252 e. The summed E-state index contributed by atoms with van der Waals surface area (Å²) in [6.07, 6.45) is 0. The molecule has 252 valence electrons. The lowest BCUT2D eigenvalue weighted by molar-refractivity contribution is 1.18. The number of nitrogens with zero attached hydrogens (tertiary/aromatic N) is 3. The number of para-hydroxylation sites is 6. The first kappa shape index (κ1) is 31.9. The van der Waals surface area contributed by atoms with E-state index in [2.05, 4.69) is 202 Å². The van der Waals surface area contributed by atoms with Crippen molar-refractivity contribution in [2.75, 3.05) is 14.7 Å². The number of hydrogen-bond donors (Lipinski definition) is 0. The van der Waals surface area contributed by atoms with Gasteiger partial charge in [-0.2, -0.15) is 0 Å². The second-order valence-corrected chi connectivity index (χ2v) is 14.5. The lowest BCUT2D eigenvalue weighted by atomic mass is 9.33. The second-order valence-electron chi connectivity index (χ2n) is 14.5. The molecule has 2 heterocycles.